The molecule has 2 rings (SSSR count). The van der Waals surface area contributed by atoms with Crippen molar-refractivity contribution in [2.75, 3.05) is 45.9 Å². The molecule has 2 aliphatic rings. The van der Waals surface area contributed by atoms with E-state index >= 15 is 0 Å². The number of ether oxygens (including phenoxy) is 1. The van der Waals surface area contributed by atoms with Crippen molar-refractivity contribution in [2.24, 2.45) is 5.92 Å². The highest BCUT2D eigenvalue weighted by molar-refractivity contribution is 4.77. The molecule has 0 N–H and O–H groups in total. The van der Waals surface area contributed by atoms with Crippen LogP contribution in [0.2, 0.25) is 0 Å². The minimum absolute atomic E-state index is 0.710. The molecule has 0 bridgehead atoms. The molecule has 2 heterocycles. The Balaban J connectivity index is 1.68. The molecule has 1 unspecified atom stereocenters. The van der Waals surface area contributed by atoms with E-state index in [1.807, 2.05) is 0 Å². The largest absolute Gasteiger partial charge is 0.381 e. The highest BCUT2D eigenvalue weighted by atomic mass is 16.5. The maximum absolute atomic E-state index is 5.42. The molecule has 0 amide bonds. The van der Waals surface area contributed by atoms with E-state index in [-0.39, 0.29) is 0 Å². The lowest BCUT2D eigenvalue weighted by Gasteiger charge is -2.37. The SMILES string of the molecule is CC(C)N1CCN(CC2CCOC2)CC1. The summed E-state index contributed by atoms with van der Waals surface area (Å²) in [6.45, 7) is 12.8. The van der Waals surface area contributed by atoms with Crippen LogP contribution in [0.1, 0.15) is 20.3 Å². The highest BCUT2D eigenvalue weighted by Gasteiger charge is 2.23. The molecule has 0 aromatic rings. The van der Waals surface area contributed by atoms with E-state index in [4.69, 9.17) is 4.74 Å². The summed E-state index contributed by atoms with van der Waals surface area (Å²) in [5.41, 5.74) is 0. The van der Waals surface area contributed by atoms with Gasteiger partial charge in [0, 0.05) is 45.4 Å². The first-order valence-corrected chi connectivity index (χ1v) is 6.30. The molecule has 2 fully saturated rings. The van der Waals surface area contributed by atoms with Gasteiger partial charge in [-0.15, -0.1) is 0 Å². The molecule has 2 saturated heterocycles. The average Bonchev–Trinajstić information content (AvgIpc) is 2.71. The van der Waals surface area contributed by atoms with Crippen LogP contribution in [0.3, 0.4) is 0 Å². The molecule has 0 radical (unpaired) electrons. The van der Waals surface area contributed by atoms with E-state index < -0.39 is 0 Å². The second-order valence-electron chi connectivity index (χ2n) is 5.16. The average molecular weight is 212 g/mol. The van der Waals surface area contributed by atoms with Crippen LogP contribution in [0, 0.1) is 5.92 Å². The lowest BCUT2D eigenvalue weighted by Crippen LogP contribution is -2.49. The van der Waals surface area contributed by atoms with Gasteiger partial charge in [0.2, 0.25) is 0 Å². The van der Waals surface area contributed by atoms with Gasteiger partial charge in [0.15, 0.2) is 0 Å². The van der Waals surface area contributed by atoms with Crippen molar-refractivity contribution in [3.8, 4) is 0 Å². The van der Waals surface area contributed by atoms with Gasteiger partial charge in [0.05, 0.1) is 6.61 Å². The van der Waals surface area contributed by atoms with Gasteiger partial charge in [-0.1, -0.05) is 0 Å². The van der Waals surface area contributed by atoms with Crippen molar-refractivity contribution in [1.82, 2.24) is 9.80 Å². The van der Waals surface area contributed by atoms with Crippen molar-refractivity contribution < 1.29 is 4.74 Å². The Labute approximate surface area is 93.4 Å². The summed E-state index contributed by atoms with van der Waals surface area (Å²) in [5, 5.41) is 0. The molecular weight excluding hydrogens is 188 g/mol. The summed E-state index contributed by atoms with van der Waals surface area (Å²) in [6.07, 6.45) is 1.27. The normalized spacial score (nSPS) is 30.2. The first-order valence-electron chi connectivity index (χ1n) is 6.30. The third-order valence-corrected chi connectivity index (χ3v) is 3.68. The second-order valence-corrected chi connectivity index (χ2v) is 5.16. The molecule has 0 aromatic heterocycles. The molecule has 0 aromatic carbocycles. The summed E-state index contributed by atoms with van der Waals surface area (Å²) in [7, 11) is 0. The second kappa shape index (κ2) is 5.28. The van der Waals surface area contributed by atoms with Gasteiger partial charge in [-0.3, -0.25) is 4.90 Å². The zero-order valence-corrected chi connectivity index (χ0v) is 10.1. The van der Waals surface area contributed by atoms with Gasteiger partial charge < -0.3 is 9.64 Å². The summed E-state index contributed by atoms with van der Waals surface area (Å²) in [5.74, 6) is 0.801. The lowest BCUT2D eigenvalue weighted by molar-refractivity contribution is 0.0927. The molecule has 0 saturated carbocycles. The summed E-state index contributed by atoms with van der Waals surface area (Å²) < 4.78 is 5.42. The molecule has 0 aliphatic carbocycles. The maximum Gasteiger partial charge on any atom is 0.0507 e. The van der Waals surface area contributed by atoms with Crippen LogP contribution in [-0.2, 0) is 4.74 Å². The van der Waals surface area contributed by atoms with Crippen molar-refractivity contribution in [1.29, 1.82) is 0 Å². The molecule has 0 spiro atoms. The fourth-order valence-electron chi connectivity index (χ4n) is 2.55. The standard InChI is InChI=1S/C12H24N2O/c1-11(2)14-6-4-13(5-7-14)9-12-3-8-15-10-12/h11-12H,3-10H2,1-2H3. The number of hydrogen-bond donors (Lipinski definition) is 0. The van der Waals surface area contributed by atoms with Crippen LogP contribution >= 0.6 is 0 Å². The minimum Gasteiger partial charge on any atom is -0.381 e. The number of nitrogens with zero attached hydrogens (tertiary/aromatic N) is 2. The van der Waals surface area contributed by atoms with Gasteiger partial charge in [-0.2, -0.15) is 0 Å². The Morgan fingerprint density at radius 1 is 1.20 bits per heavy atom. The zero-order valence-electron chi connectivity index (χ0n) is 10.1. The van der Waals surface area contributed by atoms with Gasteiger partial charge in [-0.05, 0) is 26.2 Å². The number of piperazine rings is 1. The predicted octanol–water partition coefficient (Wildman–Crippen LogP) is 1.05. The number of hydrogen-bond acceptors (Lipinski definition) is 3. The zero-order chi connectivity index (χ0) is 10.7. The monoisotopic (exact) mass is 212 g/mol. The topological polar surface area (TPSA) is 15.7 Å². The lowest BCUT2D eigenvalue weighted by atomic mass is 10.1. The molecular formula is C12H24N2O. The third-order valence-electron chi connectivity index (χ3n) is 3.68. The maximum atomic E-state index is 5.42. The van der Waals surface area contributed by atoms with Crippen LogP contribution in [0.4, 0.5) is 0 Å². The van der Waals surface area contributed by atoms with Crippen molar-refractivity contribution in [3.63, 3.8) is 0 Å². The Morgan fingerprint density at radius 3 is 2.47 bits per heavy atom. The minimum atomic E-state index is 0.710. The van der Waals surface area contributed by atoms with E-state index in [0.29, 0.717) is 6.04 Å². The third kappa shape index (κ3) is 3.16. The van der Waals surface area contributed by atoms with Crippen molar-refractivity contribution >= 4 is 0 Å². The van der Waals surface area contributed by atoms with Crippen LogP contribution in [0.15, 0.2) is 0 Å². The molecule has 3 nitrogen and oxygen atoms in total. The van der Waals surface area contributed by atoms with Gasteiger partial charge >= 0.3 is 0 Å². The smallest absolute Gasteiger partial charge is 0.0507 e. The van der Waals surface area contributed by atoms with Crippen LogP contribution in [-0.4, -0.2) is 61.8 Å². The molecule has 88 valence electrons. The summed E-state index contributed by atoms with van der Waals surface area (Å²) >= 11 is 0. The van der Waals surface area contributed by atoms with Crippen LogP contribution < -0.4 is 0 Å². The van der Waals surface area contributed by atoms with Gasteiger partial charge in [-0.25, -0.2) is 0 Å². The van der Waals surface area contributed by atoms with E-state index in [0.717, 1.165) is 19.1 Å². The number of rotatable bonds is 3. The molecule has 3 heteroatoms. The fraction of sp³-hybridized carbons (Fsp3) is 1.00. The van der Waals surface area contributed by atoms with Crippen LogP contribution in [0.5, 0.6) is 0 Å². The van der Waals surface area contributed by atoms with Crippen LogP contribution in [0.25, 0.3) is 0 Å². The quantitative estimate of drug-likeness (QED) is 0.695. The highest BCUT2D eigenvalue weighted by Crippen LogP contribution is 2.15. The van der Waals surface area contributed by atoms with Gasteiger partial charge in [0.25, 0.3) is 0 Å². The predicted molar refractivity (Wildman–Crippen MR) is 62.1 cm³/mol. The Hall–Kier alpha value is -0.120. The van der Waals surface area contributed by atoms with Crippen molar-refractivity contribution in [2.45, 2.75) is 26.3 Å². The first kappa shape index (κ1) is 11.4. The van der Waals surface area contributed by atoms with E-state index in [9.17, 15) is 0 Å². The van der Waals surface area contributed by atoms with E-state index in [1.165, 1.54) is 39.1 Å². The summed E-state index contributed by atoms with van der Waals surface area (Å²) in [6, 6.07) is 0.710. The van der Waals surface area contributed by atoms with E-state index in [2.05, 4.69) is 23.6 Å². The Bertz CT molecular complexity index is 182. The molecule has 2 aliphatic heterocycles. The van der Waals surface area contributed by atoms with Crippen molar-refractivity contribution in [3.05, 3.63) is 0 Å². The Kier molecular flexibility index (Phi) is 4.00. The first-order chi connectivity index (χ1) is 7.25. The van der Waals surface area contributed by atoms with Gasteiger partial charge in [0.1, 0.15) is 0 Å². The van der Waals surface area contributed by atoms with E-state index in [1.54, 1.807) is 0 Å². The Morgan fingerprint density at radius 2 is 1.93 bits per heavy atom. The fourth-order valence-corrected chi connectivity index (χ4v) is 2.55. The molecule has 1 atom stereocenters. The molecule has 15 heavy (non-hydrogen) atoms. The summed E-state index contributed by atoms with van der Waals surface area (Å²) in [4.78, 5) is 5.18.